The Kier molecular flexibility index (Phi) is 11.8. The number of ether oxygens (including phenoxy) is 1. The zero-order valence-electron chi connectivity index (χ0n) is 26.1. The molecule has 0 saturated carbocycles. The second-order valence-electron chi connectivity index (χ2n) is 12.1. The van der Waals surface area contributed by atoms with Crippen LogP contribution in [0, 0.1) is 5.92 Å². The molecule has 45 heavy (non-hydrogen) atoms. The van der Waals surface area contributed by atoms with Gasteiger partial charge in [-0.1, -0.05) is 121 Å². The Morgan fingerprint density at radius 3 is 1.82 bits per heavy atom. The highest BCUT2D eigenvalue weighted by Crippen LogP contribution is 2.37. The lowest BCUT2D eigenvalue weighted by Gasteiger charge is -2.37. The van der Waals surface area contributed by atoms with Gasteiger partial charge < -0.3 is 20.3 Å². The molecule has 0 bridgehead atoms. The van der Waals surface area contributed by atoms with E-state index in [1.54, 1.807) is 0 Å². The number of benzene rings is 4. The van der Waals surface area contributed by atoms with E-state index in [1.165, 1.54) is 36.0 Å². The summed E-state index contributed by atoms with van der Waals surface area (Å²) in [6, 6.07) is 41.3. The largest absolute Gasteiger partial charge is 0.445 e. The third kappa shape index (κ3) is 9.53. The van der Waals surface area contributed by atoms with Crippen molar-refractivity contribution in [3.05, 3.63) is 144 Å². The molecule has 0 spiro atoms. The number of nitrogens with one attached hydrogen (secondary N) is 2. The Labute approximate surface area is 267 Å². The molecule has 2 N–H and O–H groups in total. The predicted molar refractivity (Wildman–Crippen MR) is 180 cm³/mol. The summed E-state index contributed by atoms with van der Waals surface area (Å²) in [6.45, 7) is 3.73. The fraction of sp³-hybridized carbons (Fsp3) is 0.333. The summed E-state index contributed by atoms with van der Waals surface area (Å²) in [5, 5.41) is 5.74. The number of nitrogens with zero attached hydrogens (tertiary/aromatic N) is 1. The Balaban J connectivity index is 1.18. The maximum Gasteiger partial charge on any atom is 0.407 e. The molecule has 1 saturated heterocycles. The van der Waals surface area contributed by atoms with E-state index in [0.29, 0.717) is 6.54 Å². The highest BCUT2D eigenvalue weighted by Gasteiger charge is 2.34. The van der Waals surface area contributed by atoms with Gasteiger partial charge in [0.15, 0.2) is 0 Å². The van der Waals surface area contributed by atoms with Crippen molar-refractivity contribution in [2.24, 2.45) is 5.92 Å². The van der Waals surface area contributed by atoms with E-state index in [2.05, 4.69) is 94.4 Å². The highest BCUT2D eigenvalue weighted by atomic mass is 16.5. The van der Waals surface area contributed by atoms with Gasteiger partial charge in [-0.25, -0.2) is 4.79 Å². The average Bonchev–Trinajstić information content (AvgIpc) is 3.10. The van der Waals surface area contributed by atoms with Crippen molar-refractivity contribution in [1.29, 1.82) is 0 Å². The summed E-state index contributed by atoms with van der Waals surface area (Å²) in [5.41, 5.74) is 4.27. The van der Waals surface area contributed by atoms with Crippen LogP contribution in [0.4, 0.5) is 4.79 Å². The smallest absolute Gasteiger partial charge is 0.407 e. The number of rotatable bonds is 14. The fourth-order valence-corrected chi connectivity index (χ4v) is 6.47. The lowest BCUT2D eigenvalue weighted by molar-refractivity contribution is -0.120. The number of piperidine rings is 1. The number of hydrogen-bond donors (Lipinski definition) is 2. The van der Waals surface area contributed by atoms with E-state index >= 15 is 0 Å². The van der Waals surface area contributed by atoms with Crippen LogP contribution in [0.15, 0.2) is 121 Å². The number of alkyl carbamates (subject to hydrolysis) is 1. The lowest BCUT2D eigenvalue weighted by Crippen LogP contribution is -2.45. The quantitative estimate of drug-likeness (QED) is 0.167. The summed E-state index contributed by atoms with van der Waals surface area (Å²) in [6.07, 6.45) is 4.91. The van der Waals surface area contributed by atoms with E-state index in [0.717, 1.165) is 44.0 Å². The SMILES string of the molecule is O=C(CNC(=O)OCc1ccccc1)NCC(CCCN1CCC(Cc2ccccc2)CC1)(c1ccccc1)c1ccccc1. The maximum atomic E-state index is 13.0. The molecule has 0 atom stereocenters. The summed E-state index contributed by atoms with van der Waals surface area (Å²) >= 11 is 0. The number of carbonyl (C=O) groups is 2. The molecule has 234 valence electrons. The van der Waals surface area contributed by atoms with Crippen molar-refractivity contribution in [2.45, 2.75) is 44.1 Å². The van der Waals surface area contributed by atoms with Crippen molar-refractivity contribution in [3.8, 4) is 0 Å². The van der Waals surface area contributed by atoms with Crippen molar-refractivity contribution < 1.29 is 14.3 Å². The zero-order chi connectivity index (χ0) is 31.2. The van der Waals surface area contributed by atoms with Crippen molar-refractivity contribution in [1.82, 2.24) is 15.5 Å². The topological polar surface area (TPSA) is 70.7 Å². The molecule has 2 amide bonds. The van der Waals surface area contributed by atoms with Gasteiger partial charge in [-0.3, -0.25) is 4.79 Å². The van der Waals surface area contributed by atoms with Crippen LogP contribution in [0.3, 0.4) is 0 Å². The number of hydrogen-bond acceptors (Lipinski definition) is 4. The third-order valence-electron chi connectivity index (χ3n) is 9.00. The molecular formula is C39H45N3O3. The van der Waals surface area contributed by atoms with Crippen LogP contribution < -0.4 is 10.6 Å². The standard InChI is InChI=1S/C39H45N3O3/c43-37(29-40-38(44)45-30-34-16-7-2-8-17-34)41-31-39(35-18-9-3-10-19-35,36-20-11-4-12-21-36)24-13-25-42-26-22-33(23-27-42)28-32-14-5-1-6-15-32/h1-12,14-21,33H,13,22-31H2,(H,40,44)(H,41,43). The van der Waals surface area contributed by atoms with Gasteiger partial charge in [-0.2, -0.15) is 0 Å². The minimum atomic E-state index is -0.612. The van der Waals surface area contributed by atoms with Gasteiger partial charge in [-0.05, 0) is 79.9 Å². The monoisotopic (exact) mass is 603 g/mol. The van der Waals surface area contributed by atoms with Crippen molar-refractivity contribution in [2.75, 3.05) is 32.7 Å². The number of amides is 2. The van der Waals surface area contributed by atoms with Crippen LogP contribution in [-0.2, 0) is 28.0 Å². The van der Waals surface area contributed by atoms with Crippen LogP contribution in [0.2, 0.25) is 0 Å². The van der Waals surface area contributed by atoms with Gasteiger partial charge in [-0.15, -0.1) is 0 Å². The van der Waals surface area contributed by atoms with Gasteiger partial charge in [0.25, 0.3) is 0 Å². The molecule has 6 nitrogen and oxygen atoms in total. The van der Waals surface area contributed by atoms with Crippen LogP contribution in [0.25, 0.3) is 0 Å². The van der Waals surface area contributed by atoms with E-state index in [4.69, 9.17) is 4.74 Å². The van der Waals surface area contributed by atoms with E-state index in [1.807, 2.05) is 42.5 Å². The molecular weight excluding hydrogens is 558 g/mol. The molecule has 1 heterocycles. The van der Waals surface area contributed by atoms with Crippen LogP contribution in [0.5, 0.6) is 0 Å². The molecule has 0 aromatic heterocycles. The highest BCUT2D eigenvalue weighted by molar-refractivity contribution is 5.82. The first-order valence-electron chi connectivity index (χ1n) is 16.2. The Hall–Kier alpha value is -4.42. The number of carbonyl (C=O) groups excluding carboxylic acids is 2. The first-order chi connectivity index (χ1) is 22.1. The van der Waals surface area contributed by atoms with E-state index < -0.39 is 11.5 Å². The Bertz CT molecular complexity index is 1400. The molecule has 1 aliphatic heterocycles. The molecule has 5 rings (SSSR count). The second kappa shape index (κ2) is 16.6. The van der Waals surface area contributed by atoms with E-state index in [9.17, 15) is 9.59 Å². The molecule has 0 radical (unpaired) electrons. The molecule has 0 aliphatic carbocycles. The molecule has 0 unspecified atom stereocenters. The maximum absolute atomic E-state index is 13.0. The normalized spacial score (nSPS) is 14.0. The molecule has 4 aromatic carbocycles. The van der Waals surface area contributed by atoms with Crippen molar-refractivity contribution in [3.63, 3.8) is 0 Å². The molecule has 4 aromatic rings. The van der Waals surface area contributed by atoms with Crippen LogP contribution >= 0.6 is 0 Å². The first kappa shape index (κ1) is 32.0. The summed E-state index contributed by atoms with van der Waals surface area (Å²) < 4.78 is 5.27. The van der Waals surface area contributed by atoms with Crippen LogP contribution in [0.1, 0.15) is 47.9 Å². The van der Waals surface area contributed by atoms with Gasteiger partial charge in [0.2, 0.25) is 5.91 Å². The molecule has 6 heteroatoms. The first-order valence-corrected chi connectivity index (χ1v) is 16.2. The fourth-order valence-electron chi connectivity index (χ4n) is 6.47. The van der Waals surface area contributed by atoms with E-state index in [-0.39, 0.29) is 19.1 Å². The predicted octanol–water partition coefficient (Wildman–Crippen LogP) is 6.75. The summed E-state index contributed by atoms with van der Waals surface area (Å²) in [4.78, 5) is 27.9. The van der Waals surface area contributed by atoms with Gasteiger partial charge in [0, 0.05) is 12.0 Å². The van der Waals surface area contributed by atoms with Gasteiger partial charge >= 0.3 is 6.09 Å². The minimum absolute atomic E-state index is 0.148. The number of likely N-dealkylation sites (tertiary alicyclic amines) is 1. The summed E-state index contributed by atoms with van der Waals surface area (Å²) in [5.74, 6) is 0.499. The minimum Gasteiger partial charge on any atom is -0.445 e. The Morgan fingerprint density at radius 1 is 0.711 bits per heavy atom. The molecule has 1 aliphatic rings. The Morgan fingerprint density at radius 2 is 1.24 bits per heavy atom. The van der Waals surface area contributed by atoms with Crippen LogP contribution in [-0.4, -0.2) is 49.6 Å². The second-order valence-corrected chi connectivity index (χ2v) is 12.1. The van der Waals surface area contributed by atoms with Gasteiger partial charge in [0.05, 0.1) is 6.54 Å². The lowest BCUT2D eigenvalue weighted by atomic mass is 9.71. The summed E-state index contributed by atoms with van der Waals surface area (Å²) in [7, 11) is 0. The third-order valence-corrected chi connectivity index (χ3v) is 9.00. The average molecular weight is 604 g/mol. The van der Waals surface area contributed by atoms with Gasteiger partial charge in [0.1, 0.15) is 6.61 Å². The molecule has 1 fully saturated rings. The van der Waals surface area contributed by atoms with Crippen molar-refractivity contribution >= 4 is 12.0 Å². The zero-order valence-corrected chi connectivity index (χ0v) is 26.1.